The summed E-state index contributed by atoms with van der Waals surface area (Å²) in [5.74, 6) is 0. The van der Waals surface area contributed by atoms with Gasteiger partial charge in [-0.2, -0.15) is 13.2 Å². The fraction of sp³-hybridized carbons (Fsp3) is 0.286. The Hall–Kier alpha value is -0.810. The number of rotatable bonds is 1. The van der Waals surface area contributed by atoms with Gasteiger partial charge in [-0.05, 0) is 6.07 Å². The first-order chi connectivity index (χ1) is 5.96. The van der Waals surface area contributed by atoms with Gasteiger partial charge < -0.3 is 5.11 Å². The molecule has 0 aliphatic heterocycles. The molecule has 0 aliphatic rings. The highest BCUT2D eigenvalue weighted by Gasteiger charge is 2.34. The fourth-order valence-corrected chi connectivity index (χ4v) is 1.10. The Morgan fingerprint density at radius 2 is 2.08 bits per heavy atom. The molecule has 0 bridgehead atoms. The van der Waals surface area contributed by atoms with Crippen molar-refractivity contribution in [1.82, 2.24) is 4.98 Å². The van der Waals surface area contributed by atoms with Crippen LogP contribution in [0, 0.1) is 0 Å². The summed E-state index contributed by atoms with van der Waals surface area (Å²) < 4.78 is 36.7. The second-order valence-electron chi connectivity index (χ2n) is 2.28. The van der Waals surface area contributed by atoms with E-state index in [1.165, 1.54) is 0 Å². The van der Waals surface area contributed by atoms with E-state index in [-0.39, 0.29) is 5.15 Å². The molecule has 0 unspecified atom stereocenters. The van der Waals surface area contributed by atoms with Crippen LogP contribution in [0.1, 0.15) is 11.1 Å². The lowest BCUT2D eigenvalue weighted by molar-refractivity contribution is -0.138. The molecular weight excluding hydrogens is 207 g/mol. The van der Waals surface area contributed by atoms with Crippen molar-refractivity contribution in [2.45, 2.75) is 12.8 Å². The van der Waals surface area contributed by atoms with Gasteiger partial charge in [0.05, 0.1) is 12.2 Å². The molecule has 1 rings (SSSR count). The van der Waals surface area contributed by atoms with Crippen LogP contribution >= 0.6 is 11.6 Å². The van der Waals surface area contributed by atoms with Crippen LogP contribution in [-0.4, -0.2) is 10.1 Å². The summed E-state index contributed by atoms with van der Waals surface area (Å²) in [7, 11) is 0. The third-order valence-corrected chi connectivity index (χ3v) is 1.79. The van der Waals surface area contributed by atoms with Crippen molar-refractivity contribution in [2.24, 2.45) is 0 Å². The maximum atomic E-state index is 12.2. The number of alkyl halides is 3. The van der Waals surface area contributed by atoms with E-state index in [1.807, 2.05) is 0 Å². The van der Waals surface area contributed by atoms with Gasteiger partial charge in [0, 0.05) is 11.8 Å². The summed E-state index contributed by atoms with van der Waals surface area (Å²) in [5.41, 5.74) is -1.34. The average molecular weight is 212 g/mol. The van der Waals surface area contributed by atoms with Crippen molar-refractivity contribution in [3.8, 4) is 0 Å². The van der Waals surface area contributed by atoms with Gasteiger partial charge in [-0.1, -0.05) is 11.6 Å². The molecular formula is C7H5ClF3NO. The molecule has 0 saturated heterocycles. The van der Waals surface area contributed by atoms with Gasteiger partial charge in [0.15, 0.2) is 0 Å². The lowest BCUT2D eigenvalue weighted by atomic mass is 10.1. The highest BCUT2D eigenvalue weighted by Crippen LogP contribution is 2.33. The third kappa shape index (κ3) is 2.10. The first kappa shape index (κ1) is 10.3. The molecule has 13 heavy (non-hydrogen) atoms. The van der Waals surface area contributed by atoms with Crippen molar-refractivity contribution >= 4 is 11.6 Å². The van der Waals surface area contributed by atoms with Gasteiger partial charge in [0.2, 0.25) is 0 Å². The number of aliphatic hydroxyl groups is 1. The van der Waals surface area contributed by atoms with Crippen LogP contribution < -0.4 is 0 Å². The highest BCUT2D eigenvalue weighted by molar-refractivity contribution is 6.30. The van der Waals surface area contributed by atoms with Crippen molar-refractivity contribution in [2.75, 3.05) is 0 Å². The Kier molecular flexibility index (Phi) is 2.77. The monoisotopic (exact) mass is 211 g/mol. The molecule has 0 fully saturated rings. The topological polar surface area (TPSA) is 33.1 Å². The Morgan fingerprint density at radius 1 is 1.46 bits per heavy atom. The van der Waals surface area contributed by atoms with E-state index < -0.39 is 23.9 Å². The number of pyridine rings is 1. The summed E-state index contributed by atoms with van der Waals surface area (Å²) in [6.07, 6.45) is -3.56. The van der Waals surface area contributed by atoms with E-state index in [9.17, 15) is 13.2 Å². The normalized spacial score (nSPS) is 11.8. The van der Waals surface area contributed by atoms with Crippen molar-refractivity contribution < 1.29 is 18.3 Å². The maximum absolute atomic E-state index is 12.2. The van der Waals surface area contributed by atoms with Crippen LogP contribution in [0.2, 0.25) is 5.15 Å². The predicted octanol–water partition coefficient (Wildman–Crippen LogP) is 2.25. The molecule has 0 aromatic carbocycles. The largest absolute Gasteiger partial charge is 0.416 e. The van der Waals surface area contributed by atoms with Crippen LogP contribution in [0.25, 0.3) is 0 Å². The lowest BCUT2D eigenvalue weighted by Gasteiger charge is -2.11. The number of hydrogen-bond donors (Lipinski definition) is 1. The van der Waals surface area contributed by atoms with Gasteiger partial charge in [-0.3, -0.25) is 0 Å². The van der Waals surface area contributed by atoms with Crippen LogP contribution in [-0.2, 0) is 12.8 Å². The molecule has 0 saturated carbocycles. The molecule has 1 N–H and O–H groups in total. The van der Waals surface area contributed by atoms with E-state index in [2.05, 4.69) is 4.98 Å². The molecule has 0 amide bonds. The van der Waals surface area contributed by atoms with Gasteiger partial charge in [0.1, 0.15) is 5.15 Å². The van der Waals surface area contributed by atoms with Crippen LogP contribution in [0.4, 0.5) is 13.2 Å². The second-order valence-corrected chi connectivity index (χ2v) is 2.64. The Morgan fingerprint density at radius 3 is 2.46 bits per heavy atom. The summed E-state index contributed by atoms with van der Waals surface area (Å²) in [6.45, 7) is -0.776. The lowest BCUT2D eigenvalue weighted by Crippen LogP contribution is -2.10. The van der Waals surface area contributed by atoms with E-state index in [4.69, 9.17) is 16.7 Å². The average Bonchev–Trinajstić information content (AvgIpc) is 2.02. The zero-order valence-electron chi connectivity index (χ0n) is 6.27. The van der Waals surface area contributed by atoms with Gasteiger partial charge >= 0.3 is 6.18 Å². The highest BCUT2D eigenvalue weighted by atomic mass is 35.5. The van der Waals surface area contributed by atoms with E-state index in [1.54, 1.807) is 0 Å². The number of nitrogens with zero attached hydrogens (tertiary/aromatic N) is 1. The minimum Gasteiger partial charge on any atom is -0.392 e. The van der Waals surface area contributed by atoms with E-state index in [0.717, 1.165) is 12.3 Å². The molecule has 1 aromatic heterocycles. The van der Waals surface area contributed by atoms with E-state index in [0.29, 0.717) is 0 Å². The van der Waals surface area contributed by atoms with Gasteiger partial charge in [-0.15, -0.1) is 0 Å². The molecule has 0 spiro atoms. The molecule has 0 aliphatic carbocycles. The number of halogens is 4. The Labute approximate surface area is 77.0 Å². The zero-order chi connectivity index (χ0) is 10.1. The van der Waals surface area contributed by atoms with Crippen LogP contribution in [0.3, 0.4) is 0 Å². The summed E-state index contributed by atoms with van der Waals surface area (Å²) in [6, 6.07) is 0.775. The minimum absolute atomic E-state index is 0.322. The quantitative estimate of drug-likeness (QED) is 0.723. The molecule has 1 aromatic rings. The Bertz CT molecular complexity index is 313. The van der Waals surface area contributed by atoms with Crippen molar-refractivity contribution in [3.63, 3.8) is 0 Å². The molecule has 0 atom stereocenters. The van der Waals surface area contributed by atoms with Crippen LogP contribution in [0.5, 0.6) is 0 Å². The first-order valence-corrected chi connectivity index (χ1v) is 3.66. The number of hydrogen-bond acceptors (Lipinski definition) is 2. The van der Waals surface area contributed by atoms with Gasteiger partial charge in [0.25, 0.3) is 0 Å². The van der Waals surface area contributed by atoms with E-state index >= 15 is 0 Å². The third-order valence-electron chi connectivity index (χ3n) is 1.47. The summed E-state index contributed by atoms with van der Waals surface area (Å²) in [5, 5.41) is 8.32. The number of aliphatic hydroxyl groups excluding tert-OH is 1. The van der Waals surface area contributed by atoms with Crippen LogP contribution in [0.15, 0.2) is 12.3 Å². The SMILES string of the molecule is OCc1c(C(F)(F)F)ccnc1Cl. The molecule has 2 nitrogen and oxygen atoms in total. The van der Waals surface area contributed by atoms with Crippen molar-refractivity contribution in [1.29, 1.82) is 0 Å². The molecule has 0 radical (unpaired) electrons. The summed E-state index contributed by atoms with van der Waals surface area (Å²) >= 11 is 5.36. The Balaban J connectivity index is 3.29. The smallest absolute Gasteiger partial charge is 0.392 e. The first-order valence-electron chi connectivity index (χ1n) is 3.28. The molecule has 1 heterocycles. The summed E-state index contributed by atoms with van der Waals surface area (Å²) in [4.78, 5) is 3.43. The minimum atomic E-state index is -4.51. The predicted molar refractivity (Wildman–Crippen MR) is 40.2 cm³/mol. The van der Waals surface area contributed by atoms with Gasteiger partial charge in [-0.25, -0.2) is 4.98 Å². The number of aromatic nitrogens is 1. The molecule has 72 valence electrons. The molecule has 6 heteroatoms. The standard InChI is InChI=1S/C7H5ClF3NO/c8-6-4(3-13)5(1-2-12-6)7(9,10)11/h1-2,13H,3H2. The second kappa shape index (κ2) is 3.51. The fourth-order valence-electron chi connectivity index (χ4n) is 0.883. The van der Waals surface area contributed by atoms with Crippen molar-refractivity contribution in [3.05, 3.63) is 28.5 Å². The zero-order valence-corrected chi connectivity index (χ0v) is 7.02. The maximum Gasteiger partial charge on any atom is 0.416 e.